The summed E-state index contributed by atoms with van der Waals surface area (Å²) in [5.74, 6) is 3.87. The molecule has 0 saturated carbocycles. The lowest BCUT2D eigenvalue weighted by molar-refractivity contribution is 0.554. The average Bonchev–Trinajstić information content (AvgIpc) is 2.10. The fourth-order valence-electron chi connectivity index (χ4n) is 1.07. The fourth-order valence-corrected chi connectivity index (χ4v) is 2.02. The maximum absolute atomic E-state index is 5.20. The number of terminal acetylenes is 1. The summed E-state index contributed by atoms with van der Waals surface area (Å²) in [5.41, 5.74) is 0. The molecule has 0 rings (SSSR count). The second kappa shape index (κ2) is 8.47. The SMILES string of the molecule is C#CCCCC(CSC(C)C)NC. The predicted octanol–water partition coefficient (Wildman–Crippen LogP) is 2.52. The van der Waals surface area contributed by atoms with Crippen LogP contribution in [0.25, 0.3) is 0 Å². The molecule has 1 unspecified atom stereocenters. The van der Waals surface area contributed by atoms with Crippen molar-refractivity contribution in [2.45, 2.75) is 44.4 Å². The van der Waals surface area contributed by atoms with E-state index in [1.54, 1.807) is 0 Å². The Balaban J connectivity index is 3.46. The van der Waals surface area contributed by atoms with Gasteiger partial charge in [-0.25, -0.2) is 0 Å². The molecule has 1 N–H and O–H groups in total. The van der Waals surface area contributed by atoms with Crippen molar-refractivity contribution in [2.24, 2.45) is 0 Å². The van der Waals surface area contributed by atoms with E-state index < -0.39 is 0 Å². The van der Waals surface area contributed by atoms with Crippen LogP contribution in [0.1, 0.15) is 33.1 Å². The Kier molecular flexibility index (Phi) is 8.38. The van der Waals surface area contributed by atoms with Crippen molar-refractivity contribution in [1.82, 2.24) is 5.32 Å². The first kappa shape index (κ1) is 12.9. The zero-order chi connectivity index (χ0) is 10.1. The van der Waals surface area contributed by atoms with Crippen LogP contribution in [0.4, 0.5) is 0 Å². The van der Waals surface area contributed by atoms with Crippen LogP contribution in [0.15, 0.2) is 0 Å². The Labute approximate surface area is 87.1 Å². The third-order valence-corrected chi connectivity index (χ3v) is 3.17. The molecule has 0 aliphatic heterocycles. The molecular formula is C11H21NS. The lowest BCUT2D eigenvalue weighted by atomic mass is 10.1. The molecule has 0 radical (unpaired) electrons. The largest absolute Gasteiger partial charge is 0.316 e. The number of nitrogens with one attached hydrogen (secondary N) is 1. The van der Waals surface area contributed by atoms with Crippen LogP contribution in [0.2, 0.25) is 0 Å². The minimum atomic E-state index is 0.626. The van der Waals surface area contributed by atoms with E-state index in [9.17, 15) is 0 Å². The van der Waals surface area contributed by atoms with E-state index in [1.165, 1.54) is 12.2 Å². The minimum Gasteiger partial charge on any atom is -0.316 e. The Bertz CT molecular complexity index is 149. The molecule has 0 aromatic rings. The summed E-state index contributed by atoms with van der Waals surface area (Å²) in [6, 6.07) is 0.626. The van der Waals surface area contributed by atoms with Crippen LogP contribution in [0.3, 0.4) is 0 Å². The van der Waals surface area contributed by atoms with E-state index in [2.05, 4.69) is 25.1 Å². The van der Waals surface area contributed by atoms with Crippen molar-refractivity contribution in [1.29, 1.82) is 0 Å². The van der Waals surface area contributed by atoms with Gasteiger partial charge in [-0.05, 0) is 25.1 Å². The highest BCUT2D eigenvalue weighted by atomic mass is 32.2. The number of rotatable bonds is 7. The lowest BCUT2D eigenvalue weighted by Crippen LogP contribution is -2.28. The van der Waals surface area contributed by atoms with E-state index in [-0.39, 0.29) is 0 Å². The Hall–Kier alpha value is -0.130. The van der Waals surface area contributed by atoms with Crippen LogP contribution < -0.4 is 5.32 Å². The van der Waals surface area contributed by atoms with Crippen molar-refractivity contribution < 1.29 is 0 Å². The molecule has 0 bridgehead atoms. The van der Waals surface area contributed by atoms with E-state index in [4.69, 9.17) is 6.42 Å². The number of thioether (sulfide) groups is 1. The Morgan fingerprint density at radius 1 is 1.46 bits per heavy atom. The third kappa shape index (κ3) is 8.21. The molecule has 0 aliphatic carbocycles. The van der Waals surface area contributed by atoms with E-state index in [0.29, 0.717) is 6.04 Å². The molecule has 0 saturated heterocycles. The van der Waals surface area contributed by atoms with E-state index >= 15 is 0 Å². The molecule has 13 heavy (non-hydrogen) atoms. The minimum absolute atomic E-state index is 0.626. The first-order chi connectivity index (χ1) is 6.20. The van der Waals surface area contributed by atoms with Crippen molar-refractivity contribution in [3.63, 3.8) is 0 Å². The number of unbranched alkanes of at least 4 members (excludes halogenated alkanes) is 1. The molecule has 76 valence electrons. The Morgan fingerprint density at radius 2 is 2.15 bits per heavy atom. The normalized spacial score (nSPS) is 12.8. The molecule has 0 heterocycles. The van der Waals surface area contributed by atoms with Gasteiger partial charge in [0.25, 0.3) is 0 Å². The standard InChI is InChI=1S/C11H21NS/c1-5-6-7-8-11(12-4)9-13-10(2)3/h1,10-12H,6-9H2,2-4H3. The maximum atomic E-state index is 5.20. The van der Waals surface area contributed by atoms with Crippen LogP contribution >= 0.6 is 11.8 Å². The summed E-state index contributed by atoms with van der Waals surface area (Å²) < 4.78 is 0. The molecule has 0 aromatic heterocycles. The quantitative estimate of drug-likeness (QED) is 0.499. The van der Waals surface area contributed by atoms with Crippen LogP contribution in [-0.2, 0) is 0 Å². The summed E-state index contributed by atoms with van der Waals surface area (Å²) in [4.78, 5) is 0. The van der Waals surface area contributed by atoms with Gasteiger partial charge in [-0.2, -0.15) is 11.8 Å². The summed E-state index contributed by atoms with van der Waals surface area (Å²) in [6.45, 7) is 4.47. The van der Waals surface area contributed by atoms with Crippen LogP contribution in [0, 0.1) is 12.3 Å². The predicted molar refractivity (Wildman–Crippen MR) is 63.1 cm³/mol. The third-order valence-electron chi connectivity index (χ3n) is 1.91. The lowest BCUT2D eigenvalue weighted by Gasteiger charge is -2.16. The van der Waals surface area contributed by atoms with Crippen molar-refractivity contribution >= 4 is 11.8 Å². The monoisotopic (exact) mass is 199 g/mol. The number of hydrogen-bond acceptors (Lipinski definition) is 2. The molecular weight excluding hydrogens is 178 g/mol. The zero-order valence-electron chi connectivity index (χ0n) is 8.97. The van der Waals surface area contributed by atoms with Gasteiger partial charge in [0.1, 0.15) is 0 Å². The highest BCUT2D eigenvalue weighted by molar-refractivity contribution is 7.99. The second-order valence-electron chi connectivity index (χ2n) is 3.46. The molecule has 0 aliphatic rings. The summed E-state index contributed by atoms with van der Waals surface area (Å²) in [7, 11) is 2.03. The van der Waals surface area contributed by atoms with Gasteiger partial charge < -0.3 is 5.32 Å². The van der Waals surface area contributed by atoms with Crippen molar-refractivity contribution in [2.75, 3.05) is 12.8 Å². The molecule has 1 atom stereocenters. The molecule has 0 spiro atoms. The molecule has 2 heteroatoms. The Morgan fingerprint density at radius 3 is 2.62 bits per heavy atom. The van der Waals surface area contributed by atoms with Crippen molar-refractivity contribution in [3.05, 3.63) is 0 Å². The maximum Gasteiger partial charge on any atom is 0.0155 e. The van der Waals surface area contributed by atoms with Gasteiger partial charge in [0, 0.05) is 18.2 Å². The highest BCUT2D eigenvalue weighted by Crippen LogP contribution is 2.13. The average molecular weight is 199 g/mol. The molecule has 1 nitrogen and oxygen atoms in total. The molecule has 0 fully saturated rings. The van der Waals surface area contributed by atoms with Gasteiger partial charge >= 0.3 is 0 Å². The zero-order valence-corrected chi connectivity index (χ0v) is 9.79. The smallest absolute Gasteiger partial charge is 0.0155 e. The molecule has 0 aromatic carbocycles. The highest BCUT2D eigenvalue weighted by Gasteiger charge is 2.06. The van der Waals surface area contributed by atoms with Crippen LogP contribution in [0.5, 0.6) is 0 Å². The number of hydrogen-bond donors (Lipinski definition) is 1. The van der Waals surface area contributed by atoms with Gasteiger partial charge in [-0.1, -0.05) is 13.8 Å². The first-order valence-electron chi connectivity index (χ1n) is 4.93. The summed E-state index contributed by atoms with van der Waals surface area (Å²) in [5, 5.41) is 4.05. The van der Waals surface area contributed by atoms with Crippen LogP contribution in [-0.4, -0.2) is 24.1 Å². The topological polar surface area (TPSA) is 12.0 Å². The second-order valence-corrected chi connectivity index (χ2v) is 5.07. The molecule has 0 amide bonds. The van der Waals surface area contributed by atoms with E-state index in [1.807, 2.05) is 18.8 Å². The van der Waals surface area contributed by atoms with Gasteiger partial charge in [0.15, 0.2) is 0 Å². The van der Waals surface area contributed by atoms with Crippen molar-refractivity contribution in [3.8, 4) is 12.3 Å². The van der Waals surface area contributed by atoms with Gasteiger partial charge in [0.05, 0.1) is 0 Å². The van der Waals surface area contributed by atoms with Gasteiger partial charge in [0.2, 0.25) is 0 Å². The van der Waals surface area contributed by atoms with Gasteiger partial charge in [-0.15, -0.1) is 12.3 Å². The summed E-state index contributed by atoms with van der Waals surface area (Å²) in [6.07, 6.45) is 8.44. The fraction of sp³-hybridized carbons (Fsp3) is 0.818. The first-order valence-corrected chi connectivity index (χ1v) is 5.98. The van der Waals surface area contributed by atoms with Gasteiger partial charge in [-0.3, -0.25) is 0 Å². The van der Waals surface area contributed by atoms with E-state index in [0.717, 1.165) is 18.1 Å². The summed E-state index contributed by atoms with van der Waals surface area (Å²) >= 11 is 2.01.